The van der Waals surface area contributed by atoms with Crippen LogP contribution in [0.4, 0.5) is 0 Å². The van der Waals surface area contributed by atoms with E-state index in [-0.39, 0.29) is 12.5 Å². The molecule has 1 aliphatic heterocycles. The van der Waals surface area contributed by atoms with Crippen LogP contribution in [0.5, 0.6) is 5.75 Å². The molecule has 0 aromatic heterocycles. The van der Waals surface area contributed by atoms with Crippen LogP contribution in [0, 0.1) is 12.8 Å². The summed E-state index contributed by atoms with van der Waals surface area (Å²) in [6.45, 7) is 8.15. The van der Waals surface area contributed by atoms with Crippen LogP contribution in [0.2, 0.25) is 0 Å². The van der Waals surface area contributed by atoms with E-state index in [9.17, 15) is 4.79 Å². The van der Waals surface area contributed by atoms with Crippen LogP contribution in [-0.2, 0) is 4.79 Å². The van der Waals surface area contributed by atoms with Crippen molar-refractivity contribution in [2.75, 3.05) is 32.8 Å². The fourth-order valence-electron chi connectivity index (χ4n) is 3.13. The van der Waals surface area contributed by atoms with Crippen LogP contribution in [0.25, 0.3) is 0 Å². The maximum absolute atomic E-state index is 12.2. The van der Waals surface area contributed by atoms with Gasteiger partial charge in [0.2, 0.25) is 0 Å². The van der Waals surface area contributed by atoms with Crippen LogP contribution in [-0.4, -0.2) is 54.5 Å². The Balaban J connectivity index is 1.42. The minimum absolute atomic E-state index is 0.0966. The smallest absolute Gasteiger partial charge is 0.260 e. The maximum Gasteiger partial charge on any atom is 0.260 e. The molecule has 4 heteroatoms. The van der Waals surface area contributed by atoms with Crippen LogP contribution in [0.1, 0.15) is 25.3 Å². The predicted molar refractivity (Wildman–Crippen MR) is 87.0 cm³/mol. The Bertz CT molecular complexity index is 502. The number of benzene rings is 1. The van der Waals surface area contributed by atoms with E-state index in [0.717, 1.165) is 37.8 Å². The molecule has 0 bridgehead atoms. The largest absolute Gasteiger partial charge is 0.484 e. The van der Waals surface area contributed by atoms with E-state index in [4.69, 9.17) is 4.74 Å². The summed E-state index contributed by atoms with van der Waals surface area (Å²) in [4.78, 5) is 16.7. The van der Waals surface area contributed by atoms with E-state index < -0.39 is 0 Å². The minimum Gasteiger partial charge on any atom is -0.484 e. The van der Waals surface area contributed by atoms with Crippen molar-refractivity contribution in [1.29, 1.82) is 0 Å². The fraction of sp³-hybridized carbons (Fsp3) is 0.611. The van der Waals surface area contributed by atoms with Crippen LogP contribution in [0.15, 0.2) is 24.3 Å². The lowest BCUT2D eigenvalue weighted by atomic mass is 10.1. The molecule has 2 aliphatic rings. The number of carbonyl (C=O) groups excluding carboxylic acids is 1. The highest BCUT2D eigenvalue weighted by molar-refractivity contribution is 5.77. The molecule has 1 aliphatic carbocycles. The highest BCUT2D eigenvalue weighted by Gasteiger charge is 2.33. The van der Waals surface area contributed by atoms with Crippen molar-refractivity contribution in [3.8, 4) is 5.75 Å². The third kappa shape index (κ3) is 3.80. The fourth-order valence-corrected chi connectivity index (χ4v) is 3.13. The van der Waals surface area contributed by atoms with Crippen molar-refractivity contribution in [3.63, 3.8) is 0 Å². The standard InChI is InChI=1S/C18H26N2O2/c1-14-3-7-17(8-4-14)22-13-18(21)20-11-9-19(10-12-20)15(2)16-5-6-16/h3-4,7-8,15-16H,5-6,9-13H2,1-2H3. The third-order valence-electron chi connectivity index (χ3n) is 4.93. The van der Waals surface area contributed by atoms with Gasteiger partial charge in [0, 0.05) is 32.2 Å². The van der Waals surface area contributed by atoms with Crippen LogP contribution >= 0.6 is 0 Å². The number of hydrogen-bond donors (Lipinski definition) is 0. The molecule has 1 heterocycles. The van der Waals surface area contributed by atoms with Crippen molar-refractivity contribution in [3.05, 3.63) is 29.8 Å². The summed E-state index contributed by atoms with van der Waals surface area (Å²) < 4.78 is 5.59. The van der Waals surface area contributed by atoms with E-state index in [1.54, 1.807) is 0 Å². The van der Waals surface area contributed by atoms with Gasteiger partial charge >= 0.3 is 0 Å². The molecule has 1 aromatic rings. The van der Waals surface area contributed by atoms with Gasteiger partial charge < -0.3 is 9.64 Å². The Labute approximate surface area is 133 Å². The van der Waals surface area contributed by atoms with Crippen molar-refractivity contribution in [2.45, 2.75) is 32.7 Å². The summed E-state index contributed by atoms with van der Waals surface area (Å²) >= 11 is 0. The molecule has 1 unspecified atom stereocenters. The summed E-state index contributed by atoms with van der Waals surface area (Å²) in [5.41, 5.74) is 1.19. The lowest BCUT2D eigenvalue weighted by Crippen LogP contribution is -2.52. The van der Waals surface area contributed by atoms with Gasteiger partial charge in [0.15, 0.2) is 6.61 Å². The molecule has 0 radical (unpaired) electrons. The van der Waals surface area contributed by atoms with Gasteiger partial charge in [-0.15, -0.1) is 0 Å². The number of hydrogen-bond acceptors (Lipinski definition) is 3. The molecule has 3 rings (SSSR count). The Morgan fingerprint density at radius 1 is 1.18 bits per heavy atom. The molecule has 120 valence electrons. The van der Waals surface area contributed by atoms with Crippen molar-refractivity contribution < 1.29 is 9.53 Å². The number of ether oxygens (including phenoxy) is 1. The van der Waals surface area contributed by atoms with Crippen molar-refractivity contribution in [1.82, 2.24) is 9.80 Å². The zero-order valence-electron chi connectivity index (χ0n) is 13.6. The zero-order chi connectivity index (χ0) is 15.5. The van der Waals surface area contributed by atoms with E-state index in [1.807, 2.05) is 36.1 Å². The van der Waals surface area contributed by atoms with E-state index in [1.165, 1.54) is 18.4 Å². The van der Waals surface area contributed by atoms with Gasteiger partial charge in [-0.2, -0.15) is 0 Å². The quantitative estimate of drug-likeness (QED) is 0.837. The number of rotatable bonds is 5. The first kappa shape index (κ1) is 15.3. The summed E-state index contributed by atoms with van der Waals surface area (Å²) in [5.74, 6) is 1.76. The van der Waals surface area contributed by atoms with E-state index >= 15 is 0 Å². The third-order valence-corrected chi connectivity index (χ3v) is 4.93. The number of carbonyl (C=O) groups is 1. The number of aryl methyl sites for hydroxylation is 1. The molecule has 22 heavy (non-hydrogen) atoms. The Morgan fingerprint density at radius 3 is 2.41 bits per heavy atom. The van der Waals surface area contributed by atoms with Crippen molar-refractivity contribution >= 4 is 5.91 Å². The number of amides is 1. The first-order valence-corrected chi connectivity index (χ1v) is 8.35. The maximum atomic E-state index is 12.2. The molecular weight excluding hydrogens is 276 g/mol. The minimum atomic E-state index is 0.0966. The molecule has 1 amide bonds. The molecule has 2 fully saturated rings. The van der Waals surface area contributed by atoms with E-state index in [0.29, 0.717) is 6.04 Å². The topological polar surface area (TPSA) is 32.8 Å². The average Bonchev–Trinajstić information content (AvgIpc) is 3.38. The molecule has 0 spiro atoms. The second-order valence-electron chi connectivity index (χ2n) is 6.60. The predicted octanol–water partition coefficient (Wildman–Crippen LogP) is 2.32. The lowest BCUT2D eigenvalue weighted by molar-refractivity contribution is -0.135. The van der Waals surface area contributed by atoms with Gasteiger partial charge in [0.1, 0.15) is 5.75 Å². The number of piperazine rings is 1. The van der Waals surface area contributed by atoms with Gasteiger partial charge in [-0.1, -0.05) is 17.7 Å². The van der Waals surface area contributed by atoms with Crippen molar-refractivity contribution in [2.24, 2.45) is 5.92 Å². The van der Waals surface area contributed by atoms with Gasteiger partial charge in [-0.05, 0) is 44.7 Å². The second-order valence-corrected chi connectivity index (χ2v) is 6.60. The van der Waals surface area contributed by atoms with Crippen LogP contribution < -0.4 is 4.74 Å². The SMILES string of the molecule is Cc1ccc(OCC(=O)N2CCN(C(C)C3CC3)CC2)cc1. The first-order valence-electron chi connectivity index (χ1n) is 8.35. The highest BCUT2D eigenvalue weighted by Crippen LogP contribution is 2.35. The monoisotopic (exact) mass is 302 g/mol. The molecule has 4 nitrogen and oxygen atoms in total. The van der Waals surface area contributed by atoms with Gasteiger partial charge in [0.05, 0.1) is 0 Å². The lowest BCUT2D eigenvalue weighted by Gasteiger charge is -2.38. The Kier molecular flexibility index (Phi) is 4.67. The first-order chi connectivity index (χ1) is 10.6. The Morgan fingerprint density at radius 2 is 1.82 bits per heavy atom. The summed E-state index contributed by atoms with van der Waals surface area (Å²) in [5, 5.41) is 0. The van der Waals surface area contributed by atoms with Gasteiger partial charge in [0.25, 0.3) is 5.91 Å². The van der Waals surface area contributed by atoms with Gasteiger partial charge in [-0.3, -0.25) is 9.69 Å². The molecule has 0 N–H and O–H groups in total. The Hall–Kier alpha value is -1.55. The van der Waals surface area contributed by atoms with E-state index in [2.05, 4.69) is 11.8 Å². The van der Waals surface area contributed by atoms with Crippen LogP contribution in [0.3, 0.4) is 0 Å². The highest BCUT2D eigenvalue weighted by atomic mass is 16.5. The average molecular weight is 302 g/mol. The molecule has 1 saturated carbocycles. The second kappa shape index (κ2) is 6.69. The summed E-state index contributed by atoms with van der Waals surface area (Å²) in [6.07, 6.45) is 2.76. The molecular formula is C18H26N2O2. The molecule has 1 saturated heterocycles. The van der Waals surface area contributed by atoms with Gasteiger partial charge in [-0.25, -0.2) is 0 Å². The zero-order valence-corrected chi connectivity index (χ0v) is 13.6. The normalized spacial score (nSPS) is 20.7. The summed E-state index contributed by atoms with van der Waals surface area (Å²) in [7, 11) is 0. The summed E-state index contributed by atoms with van der Waals surface area (Å²) in [6, 6.07) is 8.51. The molecule has 1 atom stereocenters. The molecule has 1 aromatic carbocycles. The number of nitrogens with zero attached hydrogens (tertiary/aromatic N) is 2.